The molecular weight excluding hydrogens is 216 g/mol. The van der Waals surface area contributed by atoms with E-state index < -0.39 is 18.4 Å². The molecule has 2 N–H and O–H groups in total. The Morgan fingerprint density at radius 1 is 1.38 bits per heavy atom. The van der Waals surface area contributed by atoms with E-state index in [-0.39, 0.29) is 11.5 Å². The van der Waals surface area contributed by atoms with E-state index in [9.17, 15) is 14.4 Å². The number of hydrogen-bond acceptors (Lipinski definition) is 4. The molecule has 0 aromatic rings. The number of aliphatic carboxylic acids is 2. The van der Waals surface area contributed by atoms with Crippen LogP contribution in [0.4, 0.5) is 0 Å². The van der Waals surface area contributed by atoms with E-state index in [1.165, 1.54) is 0 Å². The molecule has 0 aliphatic carbocycles. The van der Waals surface area contributed by atoms with E-state index in [0.717, 1.165) is 0 Å². The van der Waals surface area contributed by atoms with Crippen molar-refractivity contribution in [1.29, 1.82) is 0 Å². The Hall–Kier alpha value is -2.11. The molecule has 1 fully saturated rings. The van der Waals surface area contributed by atoms with Crippen LogP contribution in [0, 0.1) is 0 Å². The lowest BCUT2D eigenvalue weighted by molar-refractivity contribution is -0.139. The van der Waals surface area contributed by atoms with E-state index >= 15 is 0 Å². The summed E-state index contributed by atoms with van der Waals surface area (Å²) in [6, 6.07) is 0. The number of carboxylic acids is 2. The van der Waals surface area contributed by atoms with Crippen molar-refractivity contribution < 1.29 is 29.3 Å². The summed E-state index contributed by atoms with van der Waals surface area (Å²) < 4.78 is 4.53. The highest BCUT2D eigenvalue weighted by molar-refractivity contribution is 5.91. The molecule has 0 radical (unpaired) electrons. The number of carbonyl (C=O) groups excluding carboxylic acids is 1. The second-order valence-electron chi connectivity index (χ2n) is 2.97. The van der Waals surface area contributed by atoms with Crippen LogP contribution >= 0.6 is 0 Å². The van der Waals surface area contributed by atoms with Gasteiger partial charge in [0.1, 0.15) is 0 Å². The zero-order valence-corrected chi connectivity index (χ0v) is 8.56. The number of carboxylic acid groups (broad SMARTS) is 2. The zero-order valence-electron chi connectivity index (χ0n) is 8.56. The zero-order chi connectivity index (χ0) is 12.7. The smallest absolute Gasteiger partial charge is 0.333 e. The van der Waals surface area contributed by atoms with Crippen molar-refractivity contribution in [2.75, 3.05) is 6.61 Å². The SMILES string of the molecule is C=C(CC(=O)O)C(=O)O.C=C1CCOC1=O. The van der Waals surface area contributed by atoms with E-state index in [1.54, 1.807) is 0 Å². The second kappa shape index (κ2) is 6.39. The highest BCUT2D eigenvalue weighted by Crippen LogP contribution is 2.08. The molecule has 0 aromatic heterocycles. The first-order valence-corrected chi connectivity index (χ1v) is 4.32. The van der Waals surface area contributed by atoms with Gasteiger partial charge >= 0.3 is 17.9 Å². The summed E-state index contributed by atoms with van der Waals surface area (Å²) in [5.74, 6) is -2.68. The molecule has 0 spiro atoms. The normalized spacial score (nSPS) is 13.5. The van der Waals surface area contributed by atoms with Gasteiger partial charge in [0, 0.05) is 17.6 Å². The molecule has 6 heteroatoms. The van der Waals surface area contributed by atoms with Crippen LogP contribution < -0.4 is 0 Å². The van der Waals surface area contributed by atoms with Crippen molar-refractivity contribution >= 4 is 17.9 Å². The van der Waals surface area contributed by atoms with Crippen LogP contribution in [-0.4, -0.2) is 34.7 Å². The summed E-state index contributed by atoms with van der Waals surface area (Å²) in [5.41, 5.74) is 0.294. The standard InChI is InChI=1S/C5H6O4.C5H6O2/c1-3(5(8)9)2-4(6)7;1-4-2-3-7-5(4)6/h1-2H2,(H,6,7)(H,8,9);1-3H2. The van der Waals surface area contributed by atoms with Crippen LogP contribution in [0.15, 0.2) is 24.3 Å². The van der Waals surface area contributed by atoms with Gasteiger partial charge in [0.15, 0.2) is 0 Å². The maximum absolute atomic E-state index is 10.3. The Balaban J connectivity index is 0.000000288. The van der Waals surface area contributed by atoms with Gasteiger partial charge in [-0.3, -0.25) is 4.79 Å². The Kier molecular flexibility index (Phi) is 5.55. The van der Waals surface area contributed by atoms with Crippen molar-refractivity contribution in [3.05, 3.63) is 24.3 Å². The highest BCUT2D eigenvalue weighted by Gasteiger charge is 2.14. The van der Waals surface area contributed by atoms with E-state index in [2.05, 4.69) is 17.9 Å². The number of rotatable bonds is 3. The van der Waals surface area contributed by atoms with E-state index in [4.69, 9.17) is 10.2 Å². The van der Waals surface area contributed by atoms with Crippen LogP contribution in [-0.2, 0) is 19.1 Å². The molecule has 16 heavy (non-hydrogen) atoms. The largest absolute Gasteiger partial charge is 0.481 e. The predicted octanol–water partition coefficient (Wildman–Crippen LogP) is 0.591. The van der Waals surface area contributed by atoms with Gasteiger partial charge < -0.3 is 14.9 Å². The van der Waals surface area contributed by atoms with Gasteiger partial charge in [-0.05, 0) is 0 Å². The topological polar surface area (TPSA) is 101 Å². The van der Waals surface area contributed by atoms with Gasteiger partial charge in [0.05, 0.1) is 13.0 Å². The summed E-state index contributed by atoms with van der Waals surface area (Å²) >= 11 is 0. The monoisotopic (exact) mass is 228 g/mol. The molecule has 1 aliphatic rings. The third-order valence-electron chi connectivity index (χ3n) is 1.59. The molecule has 0 saturated carbocycles. The maximum Gasteiger partial charge on any atom is 0.333 e. The predicted molar refractivity (Wildman–Crippen MR) is 53.7 cm³/mol. The van der Waals surface area contributed by atoms with Gasteiger partial charge in [-0.2, -0.15) is 0 Å². The molecule has 88 valence electrons. The number of cyclic esters (lactones) is 1. The van der Waals surface area contributed by atoms with E-state index in [0.29, 0.717) is 18.6 Å². The quantitative estimate of drug-likeness (QED) is 0.541. The highest BCUT2D eigenvalue weighted by atomic mass is 16.5. The average molecular weight is 228 g/mol. The lowest BCUT2D eigenvalue weighted by Crippen LogP contribution is -2.04. The minimum absolute atomic E-state index is 0.236. The molecule has 0 aromatic carbocycles. The molecule has 1 heterocycles. The minimum Gasteiger partial charge on any atom is -0.481 e. The number of ether oxygens (including phenoxy) is 1. The third kappa shape index (κ3) is 5.58. The molecule has 1 rings (SSSR count). The van der Waals surface area contributed by atoms with Gasteiger partial charge in [-0.15, -0.1) is 0 Å². The number of hydrogen-bond donors (Lipinski definition) is 2. The molecule has 0 unspecified atom stereocenters. The first kappa shape index (κ1) is 13.9. The number of carbonyl (C=O) groups is 3. The lowest BCUT2D eigenvalue weighted by atomic mass is 10.2. The third-order valence-corrected chi connectivity index (χ3v) is 1.59. The van der Waals surface area contributed by atoms with Crippen molar-refractivity contribution in [3.8, 4) is 0 Å². The molecule has 0 atom stereocenters. The Morgan fingerprint density at radius 2 is 1.94 bits per heavy atom. The minimum atomic E-state index is -1.27. The Labute approximate surface area is 91.8 Å². The van der Waals surface area contributed by atoms with Crippen molar-refractivity contribution in [2.24, 2.45) is 0 Å². The van der Waals surface area contributed by atoms with Crippen molar-refractivity contribution in [1.82, 2.24) is 0 Å². The maximum atomic E-state index is 10.3. The fraction of sp³-hybridized carbons (Fsp3) is 0.300. The Bertz CT molecular complexity index is 327. The van der Waals surface area contributed by atoms with Crippen molar-refractivity contribution in [3.63, 3.8) is 0 Å². The first-order chi connectivity index (χ1) is 7.34. The first-order valence-electron chi connectivity index (χ1n) is 4.32. The molecule has 1 aliphatic heterocycles. The summed E-state index contributed by atoms with van der Waals surface area (Å²) in [5, 5.41) is 16.1. The molecule has 0 amide bonds. The van der Waals surface area contributed by atoms with Gasteiger partial charge in [0.2, 0.25) is 0 Å². The average Bonchev–Trinajstić information content (AvgIpc) is 2.51. The van der Waals surface area contributed by atoms with Gasteiger partial charge in [-0.25, -0.2) is 9.59 Å². The lowest BCUT2D eigenvalue weighted by Gasteiger charge is -1.91. The van der Waals surface area contributed by atoms with Crippen LogP contribution in [0.5, 0.6) is 0 Å². The fourth-order valence-electron chi connectivity index (χ4n) is 0.729. The van der Waals surface area contributed by atoms with E-state index in [1.807, 2.05) is 0 Å². The molecule has 1 saturated heterocycles. The fourth-order valence-corrected chi connectivity index (χ4v) is 0.729. The summed E-state index contributed by atoms with van der Waals surface area (Å²) in [6.45, 7) is 7.00. The molecular formula is C10H12O6. The molecule has 6 nitrogen and oxygen atoms in total. The summed E-state index contributed by atoms with van der Waals surface area (Å²) in [6.07, 6.45) is 0.203. The van der Waals surface area contributed by atoms with Crippen LogP contribution in [0.2, 0.25) is 0 Å². The summed E-state index contributed by atoms with van der Waals surface area (Å²) in [7, 11) is 0. The van der Waals surface area contributed by atoms with Crippen molar-refractivity contribution in [2.45, 2.75) is 12.8 Å². The second-order valence-corrected chi connectivity index (χ2v) is 2.97. The van der Waals surface area contributed by atoms with Crippen LogP contribution in [0.1, 0.15) is 12.8 Å². The van der Waals surface area contributed by atoms with Crippen LogP contribution in [0.25, 0.3) is 0 Å². The number of esters is 1. The molecule has 0 bridgehead atoms. The Morgan fingerprint density at radius 3 is 2.06 bits per heavy atom. The van der Waals surface area contributed by atoms with Crippen LogP contribution in [0.3, 0.4) is 0 Å². The summed E-state index contributed by atoms with van der Waals surface area (Å²) in [4.78, 5) is 29.9. The van der Waals surface area contributed by atoms with Gasteiger partial charge in [-0.1, -0.05) is 13.2 Å². The van der Waals surface area contributed by atoms with Gasteiger partial charge in [0.25, 0.3) is 0 Å².